The van der Waals surface area contributed by atoms with Gasteiger partial charge in [0, 0.05) is 10.9 Å². The van der Waals surface area contributed by atoms with Gasteiger partial charge in [0.25, 0.3) is 0 Å². The Morgan fingerprint density at radius 2 is 1.75 bits per heavy atom. The average Bonchev–Trinajstić information content (AvgIpc) is 2.97. The third-order valence-electron chi connectivity index (χ3n) is 4.30. The highest BCUT2D eigenvalue weighted by Crippen LogP contribution is 2.29. The van der Waals surface area contributed by atoms with Gasteiger partial charge in [-0.15, -0.1) is 0 Å². The van der Waals surface area contributed by atoms with Gasteiger partial charge in [-0.1, -0.05) is 28.8 Å². The predicted octanol–water partition coefficient (Wildman–Crippen LogP) is 1.92. The Kier molecular flexibility index (Phi) is 6.03. The Bertz CT molecular complexity index is 710. The van der Waals surface area contributed by atoms with Gasteiger partial charge in [-0.25, -0.2) is 8.42 Å². The maximum atomic E-state index is 12.2. The van der Waals surface area contributed by atoms with E-state index in [1.165, 1.54) is 12.1 Å². The molecule has 0 spiro atoms. The number of hydrogen-bond acceptors (Lipinski definition) is 4. The van der Waals surface area contributed by atoms with E-state index in [2.05, 4.69) is 21.2 Å². The molecule has 2 rings (SSSR count). The Labute approximate surface area is 150 Å². The number of nitrogens with one attached hydrogen (secondary N) is 1. The predicted molar refractivity (Wildman–Crippen MR) is 94.0 cm³/mol. The minimum atomic E-state index is -3.42. The quantitative estimate of drug-likeness (QED) is 0.707. The zero-order valence-electron chi connectivity index (χ0n) is 13.3. The van der Waals surface area contributed by atoms with E-state index in [4.69, 9.17) is 5.73 Å². The summed E-state index contributed by atoms with van der Waals surface area (Å²) in [5.74, 6) is -0.969. The van der Waals surface area contributed by atoms with Crippen LogP contribution in [0.5, 0.6) is 0 Å². The number of amides is 2. The van der Waals surface area contributed by atoms with E-state index in [9.17, 15) is 18.0 Å². The fourth-order valence-corrected chi connectivity index (χ4v) is 4.50. The van der Waals surface area contributed by atoms with Crippen molar-refractivity contribution in [2.45, 2.75) is 49.0 Å². The van der Waals surface area contributed by atoms with Crippen molar-refractivity contribution >= 4 is 37.6 Å². The maximum Gasteiger partial charge on any atom is 0.243 e. The summed E-state index contributed by atoms with van der Waals surface area (Å²) in [6.45, 7) is 0. The molecule has 8 heteroatoms. The van der Waals surface area contributed by atoms with Crippen LogP contribution in [0.15, 0.2) is 33.6 Å². The number of halogens is 1. The lowest BCUT2D eigenvalue weighted by molar-refractivity contribution is -0.131. The maximum absolute atomic E-state index is 12.2. The number of primary amides is 1. The molecule has 132 valence electrons. The first kappa shape index (κ1) is 18.9. The Morgan fingerprint density at radius 3 is 2.29 bits per heavy atom. The number of hydrogen-bond donors (Lipinski definition) is 2. The molecule has 1 aromatic rings. The lowest BCUT2D eigenvalue weighted by Crippen LogP contribution is -2.55. The summed E-state index contributed by atoms with van der Waals surface area (Å²) < 4.78 is 25.2. The van der Waals surface area contributed by atoms with Crippen molar-refractivity contribution in [3.63, 3.8) is 0 Å². The smallest absolute Gasteiger partial charge is 0.243 e. The lowest BCUT2D eigenvalue weighted by Gasteiger charge is -2.26. The van der Waals surface area contributed by atoms with Crippen molar-refractivity contribution in [2.24, 2.45) is 5.73 Å². The van der Waals surface area contributed by atoms with Gasteiger partial charge in [0.1, 0.15) is 5.54 Å². The van der Waals surface area contributed by atoms with Gasteiger partial charge in [0.2, 0.25) is 11.8 Å². The second-order valence-corrected chi connectivity index (χ2v) is 9.10. The summed E-state index contributed by atoms with van der Waals surface area (Å²) in [6.07, 6.45) is 3.03. The highest BCUT2D eigenvalue weighted by molar-refractivity contribution is 9.10. The van der Waals surface area contributed by atoms with Crippen molar-refractivity contribution in [1.82, 2.24) is 5.32 Å². The van der Waals surface area contributed by atoms with Gasteiger partial charge in [-0.05, 0) is 43.5 Å². The van der Waals surface area contributed by atoms with Crippen molar-refractivity contribution in [1.29, 1.82) is 0 Å². The minimum Gasteiger partial charge on any atom is -0.368 e. The Hall–Kier alpha value is -1.41. The third kappa shape index (κ3) is 4.57. The fraction of sp³-hybridized carbons (Fsp3) is 0.500. The van der Waals surface area contributed by atoms with Gasteiger partial charge < -0.3 is 11.1 Å². The monoisotopic (exact) mass is 416 g/mol. The number of nitrogens with two attached hydrogens (primary N) is 1. The van der Waals surface area contributed by atoms with Gasteiger partial charge >= 0.3 is 0 Å². The van der Waals surface area contributed by atoms with Gasteiger partial charge in [0.05, 0.1) is 10.6 Å². The van der Waals surface area contributed by atoms with Crippen LogP contribution in [0.1, 0.15) is 38.5 Å². The summed E-state index contributed by atoms with van der Waals surface area (Å²) >= 11 is 3.26. The first-order chi connectivity index (χ1) is 11.3. The first-order valence-corrected chi connectivity index (χ1v) is 10.3. The van der Waals surface area contributed by atoms with Crippen molar-refractivity contribution in [2.75, 3.05) is 5.75 Å². The molecule has 1 fully saturated rings. The Balaban J connectivity index is 1.88. The summed E-state index contributed by atoms with van der Waals surface area (Å²) in [4.78, 5) is 23.9. The molecule has 6 nitrogen and oxygen atoms in total. The van der Waals surface area contributed by atoms with Crippen LogP contribution in [-0.2, 0) is 19.4 Å². The molecule has 24 heavy (non-hydrogen) atoms. The molecule has 1 aromatic carbocycles. The molecule has 0 atom stereocenters. The van der Waals surface area contributed by atoms with E-state index in [0.29, 0.717) is 12.8 Å². The zero-order valence-corrected chi connectivity index (χ0v) is 15.7. The molecule has 1 saturated carbocycles. The summed E-state index contributed by atoms with van der Waals surface area (Å²) in [6, 6.07) is 6.38. The van der Waals surface area contributed by atoms with E-state index in [1.807, 2.05) is 0 Å². The lowest BCUT2D eigenvalue weighted by atomic mass is 9.96. The van der Waals surface area contributed by atoms with E-state index in [1.54, 1.807) is 12.1 Å². The minimum absolute atomic E-state index is 0.0464. The molecule has 2 amide bonds. The molecule has 1 aliphatic rings. The summed E-state index contributed by atoms with van der Waals surface area (Å²) in [7, 11) is -3.42. The molecule has 0 saturated heterocycles. The molecule has 0 aliphatic heterocycles. The number of rotatable bonds is 7. The second kappa shape index (κ2) is 7.65. The highest BCUT2D eigenvalue weighted by atomic mass is 79.9. The molecular weight excluding hydrogens is 396 g/mol. The largest absolute Gasteiger partial charge is 0.368 e. The normalized spacial score (nSPS) is 16.7. The molecule has 0 unspecified atom stereocenters. The van der Waals surface area contributed by atoms with Gasteiger partial charge in [-0.2, -0.15) is 0 Å². The van der Waals surface area contributed by atoms with E-state index < -0.39 is 21.3 Å². The number of carbonyl (C=O) groups is 2. The van der Waals surface area contributed by atoms with Crippen molar-refractivity contribution in [3.8, 4) is 0 Å². The topological polar surface area (TPSA) is 106 Å². The van der Waals surface area contributed by atoms with E-state index in [0.717, 1.165) is 17.3 Å². The van der Waals surface area contributed by atoms with E-state index >= 15 is 0 Å². The molecule has 1 aliphatic carbocycles. The van der Waals surface area contributed by atoms with Crippen LogP contribution in [0, 0.1) is 0 Å². The number of benzene rings is 1. The molecule has 3 N–H and O–H groups in total. The standard InChI is InChI=1S/C16H21BrN2O4S/c17-12-5-7-13(8-6-12)24(22,23)11-3-4-14(20)19-16(15(18)21)9-1-2-10-16/h5-8H,1-4,9-11H2,(H2,18,21)(H,19,20). The van der Waals surface area contributed by atoms with Crippen LogP contribution >= 0.6 is 15.9 Å². The summed E-state index contributed by atoms with van der Waals surface area (Å²) in [5.41, 5.74) is 4.46. The number of carbonyl (C=O) groups excluding carboxylic acids is 2. The van der Waals surface area contributed by atoms with Crippen LogP contribution in [0.2, 0.25) is 0 Å². The van der Waals surface area contributed by atoms with Crippen LogP contribution in [-0.4, -0.2) is 31.5 Å². The summed E-state index contributed by atoms with van der Waals surface area (Å²) in [5, 5.41) is 2.71. The molecule has 0 bridgehead atoms. The van der Waals surface area contributed by atoms with E-state index in [-0.39, 0.29) is 29.4 Å². The highest BCUT2D eigenvalue weighted by Gasteiger charge is 2.40. The molecule has 0 heterocycles. The Morgan fingerprint density at radius 1 is 1.17 bits per heavy atom. The fourth-order valence-electron chi connectivity index (χ4n) is 2.92. The van der Waals surface area contributed by atoms with Gasteiger partial charge in [-0.3, -0.25) is 9.59 Å². The second-order valence-electron chi connectivity index (χ2n) is 6.08. The SMILES string of the molecule is NC(=O)C1(NC(=O)CCCS(=O)(=O)c2ccc(Br)cc2)CCCC1. The van der Waals surface area contributed by atoms with Crippen LogP contribution < -0.4 is 11.1 Å². The average molecular weight is 417 g/mol. The van der Waals surface area contributed by atoms with Gasteiger partial charge in [0.15, 0.2) is 9.84 Å². The van der Waals surface area contributed by atoms with Crippen molar-refractivity contribution < 1.29 is 18.0 Å². The zero-order chi connectivity index (χ0) is 17.8. The molecule has 0 aromatic heterocycles. The van der Waals surface area contributed by atoms with Crippen LogP contribution in [0.3, 0.4) is 0 Å². The third-order valence-corrected chi connectivity index (χ3v) is 6.64. The molecular formula is C16H21BrN2O4S. The number of sulfone groups is 1. The van der Waals surface area contributed by atoms with Crippen molar-refractivity contribution in [3.05, 3.63) is 28.7 Å². The van der Waals surface area contributed by atoms with Crippen LogP contribution in [0.4, 0.5) is 0 Å². The molecule has 0 radical (unpaired) electrons. The first-order valence-electron chi connectivity index (χ1n) is 7.84. The van der Waals surface area contributed by atoms with Crippen LogP contribution in [0.25, 0.3) is 0 Å².